The van der Waals surface area contributed by atoms with Crippen molar-refractivity contribution in [3.05, 3.63) is 69.4 Å². The van der Waals surface area contributed by atoms with Gasteiger partial charge in [-0.1, -0.05) is 6.07 Å². The fourth-order valence-corrected chi connectivity index (χ4v) is 4.26. The van der Waals surface area contributed by atoms with Crippen molar-refractivity contribution in [1.82, 2.24) is 28.7 Å². The van der Waals surface area contributed by atoms with E-state index in [4.69, 9.17) is 0 Å². The topological polar surface area (TPSA) is 134 Å². The summed E-state index contributed by atoms with van der Waals surface area (Å²) in [7, 11) is 1.42. The standard InChI is InChI=1S/C24H20F3N7O4/c1-13(35)11-33-20(36)18-19(32(2)22(33)38)29-12-34(18)23(8-9-23)21(37)31-17-5-3-4-15(30-17)14-6-7-16(28-10-14)24(25,26)27/h3-7,10,12H,8-9,11H2,1-2H3,(H,30,31,37). The van der Waals surface area contributed by atoms with Gasteiger partial charge < -0.3 is 9.88 Å². The van der Waals surface area contributed by atoms with Gasteiger partial charge in [0.15, 0.2) is 11.2 Å². The van der Waals surface area contributed by atoms with Crippen LogP contribution in [0, 0.1) is 0 Å². The molecule has 5 rings (SSSR count). The van der Waals surface area contributed by atoms with Crippen molar-refractivity contribution < 1.29 is 22.8 Å². The number of imidazole rings is 1. The van der Waals surface area contributed by atoms with Crippen LogP contribution in [0.15, 0.2) is 52.4 Å². The van der Waals surface area contributed by atoms with Gasteiger partial charge in [-0.25, -0.2) is 14.8 Å². The van der Waals surface area contributed by atoms with Crippen molar-refractivity contribution >= 4 is 28.7 Å². The normalized spacial score (nSPS) is 14.4. The Morgan fingerprint density at radius 2 is 1.84 bits per heavy atom. The Hall–Kier alpha value is -4.62. The van der Waals surface area contributed by atoms with Gasteiger partial charge >= 0.3 is 11.9 Å². The maximum Gasteiger partial charge on any atom is 0.433 e. The van der Waals surface area contributed by atoms with Crippen molar-refractivity contribution in [3.63, 3.8) is 0 Å². The largest absolute Gasteiger partial charge is 0.433 e. The van der Waals surface area contributed by atoms with Crippen molar-refractivity contribution in [2.75, 3.05) is 5.32 Å². The second kappa shape index (κ2) is 8.75. The molecule has 0 bridgehead atoms. The molecule has 0 atom stereocenters. The van der Waals surface area contributed by atoms with Gasteiger partial charge in [-0.15, -0.1) is 0 Å². The number of ketones is 1. The molecule has 1 amide bonds. The Balaban J connectivity index is 1.47. The number of amides is 1. The summed E-state index contributed by atoms with van der Waals surface area (Å²) in [4.78, 5) is 62.7. The lowest BCUT2D eigenvalue weighted by Gasteiger charge is -2.18. The highest BCUT2D eigenvalue weighted by Gasteiger charge is 2.53. The minimum Gasteiger partial charge on any atom is -0.309 e. The predicted octanol–water partition coefficient (Wildman–Crippen LogP) is 2.09. The van der Waals surface area contributed by atoms with Crippen molar-refractivity contribution in [1.29, 1.82) is 0 Å². The van der Waals surface area contributed by atoms with Crippen molar-refractivity contribution in [2.45, 2.75) is 38.0 Å². The summed E-state index contributed by atoms with van der Waals surface area (Å²) in [5.41, 5.74) is -2.93. The smallest absolute Gasteiger partial charge is 0.309 e. The first-order chi connectivity index (χ1) is 17.9. The van der Waals surface area contributed by atoms with Crippen LogP contribution in [-0.4, -0.2) is 40.3 Å². The molecule has 11 nitrogen and oxygen atoms in total. The maximum absolute atomic E-state index is 13.4. The SMILES string of the molecule is CC(=O)Cn1c(=O)c2c(ncn2C2(C(=O)Nc3cccc(-c4ccc(C(F)(F)F)nc4)n3)CC2)n(C)c1=O. The lowest BCUT2D eigenvalue weighted by molar-refractivity contribution is -0.141. The number of nitrogens with zero attached hydrogens (tertiary/aromatic N) is 6. The third-order valence-corrected chi connectivity index (χ3v) is 6.36. The molecular formula is C24H20F3N7O4. The van der Waals surface area contributed by atoms with Crippen LogP contribution in [0.3, 0.4) is 0 Å². The average Bonchev–Trinajstić information content (AvgIpc) is 3.56. The maximum atomic E-state index is 13.4. The number of rotatable bonds is 6. The molecule has 38 heavy (non-hydrogen) atoms. The first kappa shape index (κ1) is 25.0. The van der Waals surface area contributed by atoms with Crippen molar-refractivity contribution in [3.8, 4) is 11.3 Å². The van der Waals surface area contributed by atoms with Gasteiger partial charge in [0.1, 0.15) is 22.8 Å². The Bertz CT molecular complexity index is 1710. The number of alkyl halides is 3. The molecule has 196 valence electrons. The van der Waals surface area contributed by atoms with Crippen LogP contribution in [0.4, 0.5) is 19.0 Å². The number of aromatic nitrogens is 6. The number of hydrogen-bond donors (Lipinski definition) is 1. The predicted molar refractivity (Wildman–Crippen MR) is 128 cm³/mol. The van der Waals surface area contributed by atoms with E-state index >= 15 is 0 Å². The zero-order chi connectivity index (χ0) is 27.4. The zero-order valence-corrected chi connectivity index (χ0v) is 20.1. The molecule has 4 aromatic rings. The van der Waals surface area contributed by atoms with Gasteiger partial charge in [0.05, 0.1) is 18.6 Å². The zero-order valence-electron chi connectivity index (χ0n) is 20.1. The summed E-state index contributed by atoms with van der Waals surface area (Å²) in [6, 6.07) is 6.74. The Morgan fingerprint density at radius 3 is 2.45 bits per heavy atom. The summed E-state index contributed by atoms with van der Waals surface area (Å²) in [6.45, 7) is 0.840. The average molecular weight is 527 g/mol. The summed E-state index contributed by atoms with van der Waals surface area (Å²) in [6.07, 6.45) is -1.45. The second-order valence-corrected chi connectivity index (χ2v) is 9.05. The minimum absolute atomic E-state index is 0.0125. The van der Waals surface area contributed by atoms with E-state index in [2.05, 4.69) is 20.3 Å². The first-order valence-electron chi connectivity index (χ1n) is 11.4. The molecule has 0 spiro atoms. The molecule has 1 aliphatic carbocycles. The molecule has 4 aromatic heterocycles. The van der Waals surface area contributed by atoms with Gasteiger partial charge in [-0.2, -0.15) is 13.2 Å². The van der Waals surface area contributed by atoms with E-state index in [1.807, 2.05) is 0 Å². The van der Waals surface area contributed by atoms with E-state index in [0.717, 1.165) is 21.4 Å². The van der Waals surface area contributed by atoms with Gasteiger partial charge in [0, 0.05) is 18.8 Å². The van der Waals surface area contributed by atoms with E-state index in [1.54, 1.807) is 12.1 Å². The number of fused-ring (bicyclic) bond motifs is 1. The van der Waals surface area contributed by atoms with Gasteiger partial charge in [0.2, 0.25) is 0 Å². The molecule has 1 fully saturated rings. The van der Waals surface area contributed by atoms with E-state index in [1.165, 1.54) is 37.0 Å². The van der Waals surface area contributed by atoms with Crippen LogP contribution in [0.5, 0.6) is 0 Å². The third kappa shape index (κ3) is 4.17. The lowest BCUT2D eigenvalue weighted by atomic mass is 10.1. The van der Waals surface area contributed by atoms with Crippen LogP contribution >= 0.6 is 0 Å². The number of Topliss-reactive ketones (excluding diaryl/α,β-unsaturated/α-hetero) is 1. The number of anilines is 1. The highest BCUT2D eigenvalue weighted by atomic mass is 19.4. The number of carbonyl (C=O) groups excluding carboxylic acids is 2. The number of halogens is 3. The second-order valence-electron chi connectivity index (χ2n) is 9.05. The van der Waals surface area contributed by atoms with Crippen LogP contribution in [0.2, 0.25) is 0 Å². The Kier molecular flexibility index (Phi) is 5.76. The molecule has 14 heteroatoms. The fourth-order valence-electron chi connectivity index (χ4n) is 4.26. The van der Waals surface area contributed by atoms with Gasteiger partial charge in [-0.3, -0.25) is 28.5 Å². The highest BCUT2D eigenvalue weighted by molar-refractivity contribution is 5.99. The Labute approximate surface area is 211 Å². The van der Waals surface area contributed by atoms with Crippen LogP contribution in [0.25, 0.3) is 22.4 Å². The van der Waals surface area contributed by atoms with Crippen LogP contribution in [0.1, 0.15) is 25.5 Å². The molecule has 0 aliphatic heterocycles. The molecule has 0 saturated heterocycles. The van der Waals surface area contributed by atoms with Gasteiger partial charge in [0.25, 0.3) is 11.5 Å². The molecule has 0 radical (unpaired) electrons. The number of hydrogen-bond acceptors (Lipinski definition) is 7. The summed E-state index contributed by atoms with van der Waals surface area (Å²) < 4.78 is 41.8. The summed E-state index contributed by atoms with van der Waals surface area (Å²) >= 11 is 0. The van der Waals surface area contributed by atoms with E-state index in [0.29, 0.717) is 24.1 Å². The first-order valence-corrected chi connectivity index (χ1v) is 11.4. The molecule has 0 aromatic carbocycles. The minimum atomic E-state index is -4.57. The van der Waals surface area contributed by atoms with E-state index in [-0.39, 0.29) is 22.8 Å². The number of nitrogens with one attached hydrogen (secondary N) is 1. The summed E-state index contributed by atoms with van der Waals surface area (Å²) in [5.74, 6) is -0.731. The quantitative estimate of drug-likeness (QED) is 0.406. The molecular weight excluding hydrogens is 507 g/mol. The summed E-state index contributed by atoms with van der Waals surface area (Å²) in [5, 5.41) is 2.71. The van der Waals surface area contributed by atoms with Crippen LogP contribution in [-0.2, 0) is 34.9 Å². The Morgan fingerprint density at radius 1 is 1.11 bits per heavy atom. The lowest BCUT2D eigenvalue weighted by Crippen LogP contribution is -2.42. The molecule has 0 unspecified atom stereocenters. The monoisotopic (exact) mass is 527 g/mol. The molecule has 1 N–H and O–H groups in total. The van der Waals surface area contributed by atoms with E-state index in [9.17, 15) is 32.3 Å². The number of aryl methyl sites for hydroxylation is 1. The van der Waals surface area contributed by atoms with Gasteiger partial charge in [-0.05, 0) is 44.0 Å². The van der Waals surface area contributed by atoms with E-state index < -0.39 is 41.1 Å². The van der Waals surface area contributed by atoms with Crippen molar-refractivity contribution in [2.24, 2.45) is 7.05 Å². The molecule has 4 heterocycles. The fraction of sp³-hybridized carbons (Fsp3) is 0.292. The molecule has 1 aliphatic rings. The third-order valence-electron chi connectivity index (χ3n) is 6.36. The highest BCUT2D eigenvalue weighted by Crippen LogP contribution is 2.45. The van der Waals surface area contributed by atoms with Crippen LogP contribution < -0.4 is 16.6 Å². The molecule has 1 saturated carbocycles. The number of pyridine rings is 2. The number of carbonyl (C=O) groups is 2.